The molecule has 0 bridgehead atoms. The minimum absolute atomic E-state index is 0.101. The average Bonchev–Trinajstić information content (AvgIpc) is 3.10. The molecule has 1 aromatic heterocycles. The van der Waals surface area contributed by atoms with Crippen molar-refractivity contribution in [2.45, 2.75) is 25.9 Å². The van der Waals surface area contributed by atoms with Crippen molar-refractivity contribution in [1.29, 1.82) is 0 Å². The van der Waals surface area contributed by atoms with Gasteiger partial charge in [0.1, 0.15) is 5.54 Å². The second-order valence-electron chi connectivity index (χ2n) is 8.19. The van der Waals surface area contributed by atoms with Crippen LogP contribution in [0.25, 0.3) is 0 Å². The van der Waals surface area contributed by atoms with E-state index in [0.717, 1.165) is 35.5 Å². The molecule has 0 radical (unpaired) electrons. The van der Waals surface area contributed by atoms with E-state index in [0.29, 0.717) is 6.54 Å². The van der Waals surface area contributed by atoms with Gasteiger partial charge in [0.15, 0.2) is 18.9 Å². The monoisotopic (exact) mass is 453 g/mol. The van der Waals surface area contributed by atoms with Crippen molar-refractivity contribution in [3.8, 4) is 0 Å². The van der Waals surface area contributed by atoms with E-state index in [1.165, 1.54) is 0 Å². The van der Waals surface area contributed by atoms with Gasteiger partial charge in [0, 0.05) is 54.8 Å². The number of aromatic nitrogens is 1. The van der Waals surface area contributed by atoms with Gasteiger partial charge < -0.3 is 4.90 Å². The van der Waals surface area contributed by atoms with Gasteiger partial charge in [-0.2, -0.15) is 0 Å². The smallest absolute Gasteiger partial charge is 0.269 e. The van der Waals surface area contributed by atoms with Gasteiger partial charge in [0.05, 0.1) is 4.92 Å². The molecular weight excluding hydrogens is 424 g/mol. The molecule has 3 aromatic rings. The predicted octanol–water partition coefficient (Wildman–Crippen LogP) is 5.04. The van der Waals surface area contributed by atoms with E-state index >= 15 is 0 Å². The molecule has 0 aliphatic carbocycles. The van der Waals surface area contributed by atoms with E-state index in [9.17, 15) is 10.1 Å². The summed E-state index contributed by atoms with van der Waals surface area (Å²) in [6, 6.07) is 21.3. The maximum Gasteiger partial charge on any atom is 0.269 e. The first-order valence-corrected chi connectivity index (χ1v) is 11.5. The summed E-state index contributed by atoms with van der Waals surface area (Å²) in [6.45, 7) is 6.79. The van der Waals surface area contributed by atoms with Crippen LogP contribution < -0.4 is 4.57 Å². The molecule has 1 aliphatic heterocycles. The lowest BCUT2D eigenvalue weighted by Gasteiger charge is -2.30. The number of nitro groups is 1. The van der Waals surface area contributed by atoms with Crippen molar-refractivity contribution >= 4 is 11.9 Å². The quantitative estimate of drug-likeness (QED) is 0.273. The summed E-state index contributed by atoms with van der Waals surface area (Å²) >= 11 is 0. The summed E-state index contributed by atoms with van der Waals surface area (Å²) < 4.78 is 2.07. The Balaban J connectivity index is 1.72. The molecule has 2 heterocycles. The highest BCUT2D eigenvalue weighted by atomic mass is 16.6. The minimum Gasteiger partial charge on any atom is -0.372 e. The first-order valence-electron chi connectivity index (χ1n) is 11.5. The van der Waals surface area contributed by atoms with E-state index in [1.807, 2.05) is 42.9 Å². The summed E-state index contributed by atoms with van der Waals surface area (Å²) in [6.07, 6.45) is 12.4. The Morgan fingerprint density at radius 1 is 0.941 bits per heavy atom. The molecule has 1 aliphatic rings. The number of hydrogen-bond acceptors (Lipinski definition) is 4. The largest absolute Gasteiger partial charge is 0.372 e. The van der Waals surface area contributed by atoms with Crippen molar-refractivity contribution in [2.24, 2.45) is 4.99 Å². The molecule has 172 valence electrons. The number of pyridine rings is 1. The number of allylic oxidation sites excluding steroid dienone is 2. The molecular formula is C28H29N4O2+. The number of aliphatic imine (C=N–C) groups is 1. The van der Waals surface area contributed by atoms with Crippen LogP contribution in [0.4, 0.5) is 5.69 Å². The zero-order valence-electron chi connectivity index (χ0n) is 19.5. The van der Waals surface area contributed by atoms with Crippen LogP contribution in [0.5, 0.6) is 0 Å². The summed E-state index contributed by atoms with van der Waals surface area (Å²) in [5, 5.41) is 10.9. The minimum atomic E-state index is -0.644. The average molecular weight is 454 g/mol. The first kappa shape index (κ1) is 23.1. The Morgan fingerprint density at radius 2 is 1.59 bits per heavy atom. The fraction of sp³-hybridized carbons (Fsp3) is 0.214. The van der Waals surface area contributed by atoms with E-state index in [1.54, 1.807) is 24.3 Å². The molecule has 0 N–H and O–H groups in total. The van der Waals surface area contributed by atoms with Crippen LogP contribution in [-0.2, 0) is 12.1 Å². The lowest BCUT2D eigenvalue weighted by atomic mass is 9.83. The zero-order chi connectivity index (χ0) is 24.0. The number of rotatable bonds is 8. The van der Waals surface area contributed by atoms with E-state index in [4.69, 9.17) is 4.99 Å². The van der Waals surface area contributed by atoms with Crippen molar-refractivity contribution < 1.29 is 9.49 Å². The van der Waals surface area contributed by atoms with Crippen LogP contribution in [0.15, 0.2) is 108 Å². The van der Waals surface area contributed by atoms with Gasteiger partial charge >= 0.3 is 0 Å². The first-order chi connectivity index (χ1) is 16.6. The normalized spacial score (nSPS) is 17.2. The third-order valence-corrected chi connectivity index (χ3v) is 6.17. The van der Waals surface area contributed by atoms with Crippen LogP contribution in [-0.4, -0.2) is 29.1 Å². The summed E-state index contributed by atoms with van der Waals surface area (Å²) in [5.41, 5.74) is 3.78. The molecule has 6 nitrogen and oxygen atoms in total. The Bertz CT molecular complexity index is 1210. The van der Waals surface area contributed by atoms with Crippen molar-refractivity contribution in [3.05, 3.63) is 130 Å². The maximum absolute atomic E-state index is 10.9. The number of nitro benzene ring substituents is 1. The van der Waals surface area contributed by atoms with Crippen LogP contribution in [0.2, 0.25) is 0 Å². The summed E-state index contributed by atoms with van der Waals surface area (Å²) in [7, 11) is 0. The van der Waals surface area contributed by atoms with E-state index in [-0.39, 0.29) is 10.6 Å². The van der Waals surface area contributed by atoms with Crippen molar-refractivity contribution in [2.75, 3.05) is 13.1 Å². The Morgan fingerprint density at radius 3 is 2.21 bits per heavy atom. The SMILES string of the molecule is CCN(CC)C1=CC(c2ccccc2)(c2cc[n+](Cc3ccc([N+](=O)[O-])cc3)cc2)N=CC=C1. The van der Waals surface area contributed by atoms with Gasteiger partial charge in [-0.15, -0.1) is 0 Å². The Kier molecular flexibility index (Phi) is 6.97. The second kappa shape index (κ2) is 10.3. The molecule has 0 spiro atoms. The maximum atomic E-state index is 10.9. The van der Waals surface area contributed by atoms with Crippen molar-refractivity contribution in [1.82, 2.24) is 4.90 Å². The second-order valence-corrected chi connectivity index (χ2v) is 8.19. The van der Waals surface area contributed by atoms with Gasteiger partial charge in [-0.3, -0.25) is 15.1 Å². The lowest BCUT2D eigenvalue weighted by molar-refractivity contribution is -0.688. The number of non-ortho nitro benzene ring substituents is 1. The summed E-state index contributed by atoms with van der Waals surface area (Å²) in [5.74, 6) is 0. The van der Waals surface area contributed by atoms with Gasteiger partial charge in [-0.1, -0.05) is 30.3 Å². The number of hydrogen-bond donors (Lipinski definition) is 0. The fourth-order valence-electron chi connectivity index (χ4n) is 4.31. The highest BCUT2D eigenvalue weighted by Crippen LogP contribution is 2.37. The molecule has 0 saturated heterocycles. The Labute approximate surface area is 200 Å². The molecule has 6 heteroatoms. The topological polar surface area (TPSA) is 62.6 Å². The third kappa shape index (κ3) is 4.81. The molecule has 1 unspecified atom stereocenters. The zero-order valence-corrected chi connectivity index (χ0v) is 19.5. The van der Waals surface area contributed by atoms with Crippen LogP contribution in [0.3, 0.4) is 0 Å². The lowest BCUT2D eigenvalue weighted by Crippen LogP contribution is -2.35. The van der Waals surface area contributed by atoms with Gasteiger partial charge in [0.2, 0.25) is 0 Å². The van der Waals surface area contributed by atoms with Gasteiger partial charge in [-0.05, 0) is 55.3 Å². The van der Waals surface area contributed by atoms with Gasteiger partial charge in [-0.25, -0.2) is 4.57 Å². The number of benzene rings is 2. The molecule has 34 heavy (non-hydrogen) atoms. The molecule has 0 fully saturated rings. The Hall–Kier alpha value is -4.06. The van der Waals surface area contributed by atoms with Crippen LogP contribution >= 0.6 is 0 Å². The van der Waals surface area contributed by atoms with E-state index in [2.05, 4.69) is 59.7 Å². The summed E-state index contributed by atoms with van der Waals surface area (Å²) in [4.78, 5) is 17.9. The molecule has 1 atom stereocenters. The van der Waals surface area contributed by atoms with E-state index < -0.39 is 5.54 Å². The third-order valence-electron chi connectivity index (χ3n) is 6.17. The van der Waals surface area contributed by atoms with Crippen LogP contribution in [0.1, 0.15) is 30.5 Å². The standard InChI is InChI=1S/C28H29N4O2/c1-3-31(4-2)27-11-8-18-29-28(21-27,24-9-6-5-7-10-24)25-16-19-30(20-17-25)22-23-12-14-26(15-13-23)32(33)34/h5-21H,3-4,22H2,1-2H3/q+1. The molecule has 0 amide bonds. The predicted molar refractivity (Wildman–Crippen MR) is 135 cm³/mol. The molecule has 0 saturated carbocycles. The van der Waals surface area contributed by atoms with Crippen LogP contribution in [0, 0.1) is 10.1 Å². The number of likely N-dealkylation sites (N-methyl/N-ethyl adjacent to an activating group) is 1. The highest BCUT2D eigenvalue weighted by Gasteiger charge is 2.33. The van der Waals surface area contributed by atoms with Crippen molar-refractivity contribution in [3.63, 3.8) is 0 Å². The molecule has 4 rings (SSSR count). The number of nitrogens with zero attached hydrogens (tertiary/aromatic N) is 4. The fourth-order valence-corrected chi connectivity index (χ4v) is 4.31. The van der Waals surface area contributed by atoms with Gasteiger partial charge in [0.25, 0.3) is 5.69 Å². The highest BCUT2D eigenvalue weighted by molar-refractivity contribution is 5.75. The molecule has 2 aromatic carbocycles.